The smallest absolute Gasteiger partial charge is 0.282 e. The molecule has 4 rings (SSSR count). The van der Waals surface area contributed by atoms with Gasteiger partial charge in [0.15, 0.2) is 0 Å². The minimum Gasteiger partial charge on any atom is -0.382 e. The lowest BCUT2D eigenvalue weighted by atomic mass is 10.0. The van der Waals surface area contributed by atoms with Crippen molar-refractivity contribution in [1.29, 1.82) is 0 Å². The fourth-order valence-corrected chi connectivity index (χ4v) is 5.45. The zero-order chi connectivity index (χ0) is 18.9. The summed E-state index contributed by atoms with van der Waals surface area (Å²) in [6.07, 6.45) is 3.41. The number of ether oxygens (including phenoxy) is 1. The number of rotatable bonds is 4. The van der Waals surface area contributed by atoms with Crippen LogP contribution in [-0.4, -0.2) is 67.4 Å². The van der Waals surface area contributed by atoms with Crippen molar-refractivity contribution in [2.75, 3.05) is 44.7 Å². The van der Waals surface area contributed by atoms with Gasteiger partial charge in [0.2, 0.25) is 0 Å². The minimum atomic E-state index is -3.37. The standard InChI is InChI=1S/C19H26N4O3S/c1-15-3-2-4-17-18(5-8-20-19(15)17)21-16-6-9-22(10-7-16)27(24,25)23-11-13-26-14-12-23/h2-5,8,16H,6-7,9-14H2,1H3,(H,20,21). The lowest BCUT2D eigenvalue weighted by Crippen LogP contribution is -2.51. The maximum atomic E-state index is 12.8. The van der Waals surface area contributed by atoms with E-state index < -0.39 is 10.2 Å². The van der Waals surface area contributed by atoms with E-state index in [1.54, 1.807) is 8.61 Å². The second kappa shape index (κ2) is 7.71. The van der Waals surface area contributed by atoms with Gasteiger partial charge in [-0.1, -0.05) is 18.2 Å². The highest BCUT2D eigenvalue weighted by molar-refractivity contribution is 7.86. The number of aryl methyl sites for hydroxylation is 1. The lowest BCUT2D eigenvalue weighted by Gasteiger charge is -2.36. The molecule has 0 aliphatic carbocycles. The van der Waals surface area contributed by atoms with E-state index in [1.165, 1.54) is 0 Å². The van der Waals surface area contributed by atoms with Gasteiger partial charge in [0.25, 0.3) is 10.2 Å². The number of nitrogens with one attached hydrogen (secondary N) is 1. The number of aromatic nitrogens is 1. The van der Waals surface area contributed by atoms with Crippen molar-refractivity contribution in [2.24, 2.45) is 0 Å². The molecule has 0 unspecified atom stereocenters. The quantitative estimate of drug-likeness (QED) is 0.864. The molecule has 0 saturated carbocycles. The Morgan fingerprint density at radius 3 is 2.52 bits per heavy atom. The van der Waals surface area contributed by atoms with E-state index in [0.717, 1.165) is 35.0 Å². The maximum absolute atomic E-state index is 12.8. The van der Waals surface area contributed by atoms with Crippen molar-refractivity contribution < 1.29 is 13.2 Å². The lowest BCUT2D eigenvalue weighted by molar-refractivity contribution is 0.0697. The average Bonchev–Trinajstić information content (AvgIpc) is 2.70. The first-order chi connectivity index (χ1) is 13.1. The Kier molecular flexibility index (Phi) is 5.32. The molecule has 0 amide bonds. The molecular weight excluding hydrogens is 364 g/mol. The highest BCUT2D eigenvalue weighted by atomic mass is 32.2. The first-order valence-electron chi connectivity index (χ1n) is 9.49. The number of anilines is 1. The van der Waals surface area contributed by atoms with Gasteiger partial charge >= 0.3 is 0 Å². The minimum absolute atomic E-state index is 0.257. The zero-order valence-electron chi connectivity index (χ0n) is 15.6. The second-order valence-electron chi connectivity index (χ2n) is 7.17. The van der Waals surface area contributed by atoms with Crippen molar-refractivity contribution in [3.05, 3.63) is 36.0 Å². The van der Waals surface area contributed by atoms with Crippen LogP contribution in [0.3, 0.4) is 0 Å². The number of nitrogens with zero attached hydrogens (tertiary/aromatic N) is 3. The zero-order valence-corrected chi connectivity index (χ0v) is 16.4. The Balaban J connectivity index is 1.42. The molecular formula is C19H26N4O3S. The van der Waals surface area contributed by atoms with Crippen LogP contribution in [0.2, 0.25) is 0 Å². The molecule has 1 N–H and O–H groups in total. The molecule has 2 aliphatic rings. The fraction of sp³-hybridized carbons (Fsp3) is 0.526. The van der Waals surface area contributed by atoms with E-state index in [1.807, 2.05) is 18.3 Å². The summed E-state index contributed by atoms with van der Waals surface area (Å²) in [5, 5.41) is 4.72. The van der Waals surface area contributed by atoms with E-state index in [2.05, 4.69) is 29.4 Å². The van der Waals surface area contributed by atoms with Crippen LogP contribution in [-0.2, 0) is 14.9 Å². The van der Waals surface area contributed by atoms with E-state index in [0.29, 0.717) is 39.4 Å². The molecule has 8 heteroatoms. The molecule has 0 bridgehead atoms. The summed E-state index contributed by atoms with van der Waals surface area (Å²) in [6.45, 7) is 5.00. The van der Waals surface area contributed by atoms with Gasteiger partial charge in [-0.15, -0.1) is 0 Å². The van der Waals surface area contributed by atoms with E-state index in [9.17, 15) is 8.42 Å². The molecule has 0 spiro atoms. The van der Waals surface area contributed by atoms with Crippen LogP contribution in [0.1, 0.15) is 18.4 Å². The van der Waals surface area contributed by atoms with E-state index in [4.69, 9.17) is 4.74 Å². The molecule has 0 radical (unpaired) electrons. The third-order valence-corrected chi connectivity index (χ3v) is 7.44. The molecule has 1 aromatic heterocycles. The molecule has 7 nitrogen and oxygen atoms in total. The van der Waals surface area contributed by atoms with E-state index >= 15 is 0 Å². The summed E-state index contributed by atoms with van der Waals surface area (Å²) in [5.41, 5.74) is 3.23. The number of fused-ring (bicyclic) bond motifs is 1. The normalized spacial score (nSPS) is 20.8. The first-order valence-corrected chi connectivity index (χ1v) is 10.9. The number of piperidine rings is 1. The van der Waals surface area contributed by atoms with Crippen LogP contribution < -0.4 is 5.32 Å². The van der Waals surface area contributed by atoms with Crippen molar-refractivity contribution in [3.8, 4) is 0 Å². The number of pyridine rings is 1. The fourth-order valence-electron chi connectivity index (χ4n) is 3.84. The Hall–Kier alpha value is -1.74. The number of hydrogen-bond donors (Lipinski definition) is 1. The van der Waals surface area contributed by atoms with Crippen LogP contribution >= 0.6 is 0 Å². The van der Waals surface area contributed by atoms with Gasteiger partial charge < -0.3 is 10.1 Å². The van der Waals surface area contributed by atoms with Gasteiger partial charge in [0, 0.05) is 49.5 Å². The summed E-state index contributed by atoms with van der Waals surface area (Å²) >= 11 is 0. The van der Waals surface area contributed by atoms with Crippen LogP contribution in [0, 0.1) is 6.92 Å². The first kappa shape index (κ1) is 18.6. The third kappa shape index (κ3) is 3.80. The van der Waals surface area contributed by atoms with Crippen molar-refractivity contribution in [1.82, 2.24) is 13.6 Å². The van der Waals surface area contributed by atoms with Crippen LogP contribution in [0.5, 0.6) is 0 Å². The molecule has 2 aromatic rings. The predicted molar refractivity (Wildman–Crippen MR) is 106 cm³/mol. The van der Waals surface area contributed by atoms with Gasteiger partial charge in [-0.2, -0.15) is 17.0 Å². The SMILES string of the molecule is Cc1cccc2c(NC3CCN(S(=O)(=O)N4CCOCC4)CC3)ccnc12. The van der Waals surface area contributed by atoms with Gasteiger partial charge in [0.1, 0.15) is 0 Å². The van der Waals surface area contributed by atoms with Crippen molar-refractivity contribution >= 4 is 26.8 Å². The third-order valence-electron chi connectivity index (χ3n) is 5.41. The van der Waals surface area contributed by atoms with Gasteiger partial charge in [0.05, 0.1) is 18.7 Å². The number of benzene rings is 1. The molecule has 1 aromatic carbocycles. The number of para-hydroxylation sites is 1. The van der Waals surface area contributed by atoms with Crippen molar-refractivity contribution in [3.63, 3.8) is 0 Å². The van der Waals surface area contributed by atoms with Gasteiger partial charge in [-0.25, -0.2) is 0 Å². The number of morpholine rings is 1. The highest BCUT2D eigenvalue weighted by Gasteiger charge is 2.33. The summed E-state index contributed by atoms with van der Waals surface area (Å²) in [5.74, 6) is 0. The summed E-state index contributed by atoms with van der Waals surface area (Å²) in [7, 11) is -3.37. The Morgan fingerprint density at radius 1 is 1.07 bits per heavy atom. The molecule has 146 valence electrons. The number of hydrogen-bond acceptors (Lipinski definition) is 5. The van der Waals surface area contributed by atoms with Gasteiger partial charge in [-0.05, 0) is 31.4 Å². The van der Waals surface area contributed by atoms with Crippen molar-refractivity contribution in [2.45, 2.75) is 25.8 Å². The van der Waals surface area contributed by atoms with Crippen LogP contribution in [0.15, 0.2) is 30.5 Å². The van der Waals surface area contributed by atoms with Crippen LogP contribution in [0.25, 0.3) is 10.9 Å². The molecule has 27 heavy (non-hydrogen) atoms. The Bertz CT molecular complexity index is 904. The molecule has 2 fully saturated rings. The molecule has 2 saturated heterocycles. The average molecular weight is 391 g/mol. The second-order valence-corrected chi connectivity index (χ2v) is 9.09. The van der Waals surface area contributed by atoms with E-state index in [-0.39, 0.29) is 6.04 Å². The molecule has 2 aliphatic heterocycles. The summed E-state index contributed by atoms with van der Waals surface area (Å²) in [6, 6.07) is 8.44. The summed E-state index contributed by atoms with van der Waals surface area (Å²) in [4.78, 5) is 4.49. The van der Waals surface area contributed by atoms with Crippen LogP contribution in [0.4, 0.5) is 5.69 Å². The Labute approximate surface area is 160 Å². The highest BCUT2D eigenvalue weighted by Crippen LogP contribution is 2.27. The molecule has 3 heterocycles. The maximum Gasteiger partial charge on any atom is 0.282 e. The predicted octanol–water partition coefficient (Wildman–Crippen LogP) is 2.00. The monoisotopic (exact) mass is 390 g/mol. The topological polar surface area (TPSA) is 74.8 Å². The van der Waals surface area contributed by atoms with Gasteiger partial charge in [-0.3, -0.25) is 4.98 Å². The Morgan fingerprint density at radius 2 is 1.78 bits per heavy atom. The summed E-state index contributed by atoms with van der Waals surface area (Å²) < 4.78 is 34.0. The molecule has 0 atom stereocenters. The largest absolute Gasteiger partial charge is 0.382 e.